The van der Waals surface area contributed by atoms with Gasteiger partial charge in [0.2, 0.25) is 5.91 Å². The summed E-state index contributed by atoms with van der Waals surface area (Å²) in [5, 5.41) is 51.6. The summed E-state index contributed by atoms with van der Waals surface area (Å²) >= 11 is 0. The first-order valence-electron chi connectivity index (χ1n) is 11.1. The van der Waals surface area contributed by atoms with Crippen LogP contribution in [0.25, 0.3) is 0 Å². The molecule has 1 amide bonds. The predicted octanol–water partition coefficient (Wildman–Crippen LogP) is -0.705. The Morgan fingerprint density at radius 3 is 2.19 bits per heavy atom. The fourth-order valence-corrected chi connectivity index (χ4v) is 3.36. The lowest BCUT2D eigenvalue weighted by Crippen LogP contribution is -2.64. The van der Waals surface area contributed by atoms with Crippen LogP contribution < -0.4 is 5.32 Å². The van der Waals surface area contributed by atoms with Gasteiger partial charge < -0.3 is 45.1 Å². The van der Waals surface area contributed by atoms with Crippen LogP contribution in [-0.4, -0.2) is 102 Å². The van der Waals surface area contributed by atoms with Gasteiger partial charge in [-0.3, -0.25) is 4.79 Å². The number of hydrogen-bond acceptors (Lipinski definition) is 9. The second kappa shape index (κ2) is 15.1. The summed E-state index contributed by atoms with van der Waals surface area (Å²) in [5.41, 5.74) is -1.22. The van der Waals surface area contributed by atoms with E-state index in [1.165, 1.54) is 26.2 Å². The number of carbonyl (C=O) groups excluding carboxylic acids is 1. The number of unbranched alkanes of at least 4 members (excludes halogenated alkanes) is 5. The smallest absolute Gasteiger partial charge is 0.217 e. The molecule has 0 bridgehead atoms. The van der Waals surface area contributed by atoms with E-state index in [1.807, 2.05) is 0 Å². The van der Waals surface area contributed by atoms with Gasteiger partial charge in [0.25, 0.3) is 0 Å². The normalized spacial score (nSPS) is 26.7. The van der Waals surface area contributed by atoms with Gasteiger partial charge in [0.05, 0.1) is 38.4 Å². The number of aliphatic hydroxyl groups is 5. The lowest BCUT2D eigenvalue weighted by atomic mass is 9.92. The molecule has 5 atom stereocenters. The molecule has 0 radical (unpaired) electrons. The van der Waals surface area contributed by atoms with Crippen LogP contribution in [0.15, 0.2) is 0 Å². The zero-order valence-corrected chi connectivity index (χ0v) is 18.7. The Morgan fingerprint density at radius 1 is 1.00 bits per heavy atom. The van der Waals surface area contributed by atoms with Gasteiger partial charge in [-0.15, -0.1) is 0 Å². The summed E-state index contributed by atoms with van der Waals surface area (Å²) in [4.78, 5) is 11.5. The highest BCUT2D eigenvalue weighted by Gasteiger charge is 2.45. The quantitative estimate of drug-likeness (QED) is 0.167. The molecule has 0 aliphatic carbocycles. The van der Waals surface area contributed by atoms with Crippen molar-refractivity contribution >= 4 is 5.91 Å². The van der Waals surface area contributed by atoms with Crippen molar-refractivity contribution < 1.29 is 44.5 Å². The second-order valence-corrected chi connectivity index (χ2v) is 8.38. The Balaban J connectivity index is 2.64. The number of aliphatic hydroxyl groups excluding tert-OH is 5. The number of nitrogens with one attached hydrogen (secondary N) is 1. The van der Waals surface area contributed by atoms with Crippen molar-refractivity contribution in [1.29, 1.82) is 0 Å². The molecule has 0 aromatic heterocycles. The molecule has 0 aromatic carbocycles. The van der Waals surface area contributed by atoms with Gasteiger partial charge in [-0.1, -0.05) is 39.0 Å². The molecule has 0 unspecified atom stereocenters. The van der Waals surface area contributed by atoms with Crippen molar-refractivity contribution in [3.8, 4) is 0 Å². The molecule has 0 spiro atoms. The van der Waals surface area contributed by atoms with E-state index in [4.69, 9.17) is 14.2 Å². The highest BCUT2D eigenvalue weighted by atomic mass is 16.7. The molecule has 31 heavy (non-hydrogen) atoms. The maximum atomic E-state index is 11.5. The van der Waals surface area contributed by atoms with E-state index in [9.17, 15) is 30.3 Å². The molecule has 184 valence electrons. The van der Waals surface area contributed by atoms with Gasteiger partial charge in [0.15, 0.2) is 6.29 Å². The van der Waals surface area contributed by atoms with E-state index in [-0.39, 0.29) is 19.1 Å². The Morgan fingerprint density at radius 2 is 1.61 bits per heavy atom. The summed E-state index contributed by atoms with van der Waals surface area (Å²) in [6, 6.07) is -0.935. The number of amides is 1. The zero-order valence-electron chi connectivity index (χ0n) is 18.7. The number of rotatable bonds is 16. The van der Waals surface area contributed by atoms with Crippen LogP contribution in [0.1, 0.15) is 52.4 Å². The molecule has 1 aliphatic heterocycles. The van der Waals surface area contributed by atoms with Crippen molar-refractivity contribution in [1.82, 2.24) is 5.32 Å². The largest absolute Gasteiger partial charge is 0.396 e. The molecule has 10 nitrogen and oxygen atoms in total. The zero-order chi connectivity index (χ0) is 23.3. The minimum Gasteiger partial charge on any atom is -0.396 e. The Labute approximate surface area is 184 Å². The van der Waals surface area contributed by atoms with Crippen LogP contribution in [0.5, 0.6) is 0 Å². The summed E-state index contributed by atoms with van der Waals surface area (Å²) in [5.74, 6) is -0.388. The maximum absolute atomic E-state index is 11.5. The molecule has 1 saturated heterocycles. The third-order valence-corrected chi connectivity index (χ3v) is 5.55. The highest BCUT2D eigenvalue weighted by molar-refractivity contribution is 5.73. The van der Waals surface area contributed by atoms with E-state index in [0.29, 0.717) is 6.61 Å². The third-order valence-electron chi connectivity index (χ3n) is 5.55. The number of hydrogen-bond donors (Lipinski definition) is 6. The van der Waals surface area contributed by atoms with Crippen molar-refractivity contribution in [2.24, 2.45) is 5.41 Å². The molecule has 1 rings (SSSR count). The average molecular weight is 452 g/mol. The third kappa shape index (κ3) is 9.27. The van der Waals surface area contributed by atoms with Crippen LogP contribution in [0.4, 0.5) is 0 Å². The first-order valence-corrected chi connectivity index (χ1v) is 11.1. The van der Waals surface area contributed by atoms with E-state index in [0.717, 1.165) is 19.3 Å². The molecule has 0 saturated carbocycles. The first-order chi connectivity index (χ1) is 14.8. The van der Waals surface area contributed by atoms with Crippen LogP contribution in [0.3, 0.4) is 0 Å². The molecular weight excluding hydrogens is 410 g/mol. The van der Waals surface area contributed by atoms with Gasteiger partial charge >= 0.3 is 0 Å². The molecule has 1 aliphatic rings. The van der Waals surface area contributed by atoms with Crippen molar-refractivity contribution in [3.05, 3.63) is 0 Å². The monoisotopic (exact) mass is 451 g/mol. The van der Waals surface area contributed by atoms with E-state index in [1.54, 1.807) is 0 Å². The van der Waals surface area contributed by atoms with Gasteiger partial charge in [-0.2, -0.15) is 0 Å². The Bertz CT molecular complexity index is 481. The molecule has 10 heteroatoms. The second-order valence-electron chi connectivity index (χ2n) is 8.38. The van der Waals surface area contributed by atoms with Crippen LogP contribution in [0.2, 0.25) is 0 Å². The van der Waals surface area contributed by atoms with Crippen LogP contribution in [0, 0.1) is 5.41 Å². The molecule has 1 heterocycles. The summed E-state index contributed by atoms with van der Waals surface area (Å²) in [7, 11) is 0. The van der Waals surface area contributed by atoms with Gasteiger partial charge in [0, 0.05) is 13.5 Å². The van der Waals surface area contributed by atoms with Gasteiger partial charge in [-0.05, 0) is 6.42 Å². The molecule has 6 N–H and O–H groups in total. The lowest BCUT2D eigenvalue weighted by molar-refractivity contribution is -0.274. The number of ether oxygens (including phenoxy) is 3. The Kier molecular flexibility index (Phi) is 13.7. The maximum Gasteiger partial charge on any atom is 0.217 e. The van der Waals surface area contributed by atoms with E-state index >= 15 is 0 Å². The molecule has 1 fully saturated rings. The minimum atomic E-state index is -1.35. The highest BCUT2D eigenvalue weighted by Crippen LogP contribution is 2.24. The van der Waals surface area contributed by atoms with Crippen LogP contribution >= 0.6 is 0 Å². The SMILES string of the molecule is CCCCCCCCO[C@H]1O[C@@H](COCC(CO)(CO)CO)[C@@H](O)[C@H](O)[C@@H]1NC(C)=O. The van der Waals surface area contributed by atoms with Crippen molar-refractivity contribution in [2.45, 2.75) is 83.0 Å². The lowest BCUT2D eigenvalue weighted by Gasteiger charge is -2.42. The fraction of sp³-hybridized carbons (Fsp3) is 0.952. The summed E-state index contributed by atoms with van der Waals surface area (Å²) in [6.07, 6.45) is 1.86. The fourth-order valence-electron chi connectivity index (χ4n) is 3.36. The molecule has 0 aromatic rings. The van der Waals surface area contributed by atoms with Crippen molar-refractivity contribution in [3.63, 3.8) is 0 Å². The summed E-state index contributed by atoms with van der Waals surface area (Å²) < 4.78 is 17.0. The standard InChI is InChI=1S/C21H41NO9/c1-3-4-5-6-7-8-9-30-20-17(22-15(2)26)19(28)18(27)16(31-20)10-29-14-21(11-23,12-24)13-25/h16-20,23-25,27-28H,3-14H2,1-2H3,(H,22,26)/t16-,17-,18+,19+,20-/m0/s1. The van der Waals surface area contributed by atoms with Crippen molar-refractivity contribution in [2.75, 3.05) is 39.6 Å². The Hall–Kier alpha value is -0.850. The minimum absolute atomic E-state index is 0.163. The van der Waals surface area contributed by atoms with E-state index < -0.39 is 55.9 Å². The first kappa shape index (κ1) is 28.2. The van der Waals surface area contributed by atoms with Gasteiger partial charge in [-0.25, -0.2) is 0 Å². The topological polar surface area (TPSA) is 158 Å². The molecular formula is C21H41NO9. The van der Waals surface area contributed by atoms with Crippen LogP contribution in [-0.2, 0) is 19.0 Å². The number of carbonyl (C=O) groups is 1. The predicted molar refractivity (Wildman–Crippen MR) is 112 cm³/mol. The van der Waals surface area contributed by atoms with E-state index in [2.05, 4.69) is 12.2 Å². The summed E-state index contributed by atoms with van der Waals surface area (Å²) in [6.45, 7) is 2.06. The van der Waals surface area contributed by atoms with Gasteiger partial charge in [0.1, 0.15) is 24.4 Å². The average Bonchev–Trinajstić information content (AvgIpc) is 2.76.